The summed E-state index contributed by atoms with van der Waals surface area (Å²) in [5.41, 5.74) is 3.79. The number of likely N-dealkylation sites (N-methyl/N-ethyl adjacent to an activating group) is 1. The number of imide groups is 1. The molecule has 118 valence electrons. The third kappa shape index (κ3) is 2.88. The fourth-order valence-electron chi connectivity index (χ4n) is 2.45. The molecular weight excluding hydrogens is 290 g/mol. The minimum atomic E-state index is -0.549. The molecule has 0 radical (unpaired) electrons. The van der Waals surface area contributed by atoms with E-state index in [1.165, 1.54) is 7.05 Å². The molecule has 1 heterocycles. The van der Waals surface area contributed by atoms with Crippen LogP contribution in [0, 0.1) is 18.3 Å². The van der Waals surface area contributed by atoms with Gasteiger partial charge in [0.25, 0.3) is 11.8 Å². The first-order valence-electron chi connectivity index (χ1n) is 7.21. The zero-order valence-corrected chi connectivity index (χ0v) is 14.0. The molecule has 0 atom stereocenters. The van der Waals surface area contributed by atoms with Crippen molar-refractivity contribution >= 4 is 23.6 Å². The van der Waals surface area contributed by atoms with E-state index in [-0.39, 0.29) is 11.5 Å². The van der Waals surface area contributed by atoms with Gasteiger partial charge in [-0.3, -0.25) is 14.5 Å². The molecule has 0 bridgehead atoms. The second-order valence-corrected chi connectivity index (χ2v) is 5.77. The minimum absolute atomic E-state index is 0.0147. The van der Waals surface area contributed by atoms with Crippen molar-refractivity contribution in [3.63, 3.8) is 0 Å². The zero-order valence-electron chi connectivity index (χ0n) is 14.0. The van der Waals surface area contributed by atoms with E-state index < -0.39 is 5.91 Å². The van der Waals surface area contributed by atoms with Gasteiger partial charge in [-0.2, -0.15) is 5.26 Å². The summed E-state index contributed by atoms with van der Waals surface area (Å²) >= 11 is 0. The van der Waals surface area contributed by atoms with Crippen molar-refractivity contribution in [1.29, 1.82) is 5.26 Å². The number of hydrogen-bond donors (Lipinski definition) is 0. The Hall–Kier alpha value is -2.87. The van der Waals surface area contributed by atoms with Gasteiger partial charge in [-0.05, 0) is 48.8 Å². The Bertz CT molecular complexity index is 795. The van der Waals surface area contributed by atoms with E-state index in [0.29, 0.717) is 11.1 Å². The van der Waals surface area contributed by atoms with Crippen LogP contribution in [-0.2, 0) is 9.59 Å². The van der Waals surface area contributed by atoms with Gasteiger partial charge in [-0.1, -0.05) is 6.07 Å². The van der Waals surface area contributed by atoms with Gasteiger partial charge in [0.05, 0.1) is 0 Å². The Morgan fingerprint density at radius 2 is 1.83 bits per heavy atom. The van der Waals surface area contributed by atoms with Crippen molar-refractivity contribution in [2.45, 2.75) is 13.8 Å². The van der Waals surface area contributed by atoms with E-state index in [4.69, 9.17) is 0 Å². The van der Waals surface area contributed by atoms with E-state index in [0.717, 1.165) is 21.7 Å². The largest absolute Gasteiger partial charge is 0.378 e. The molecule has 0 saturated carbocycles. The van der Waals surface area contributed by atoms with Crippen LogP contribution in [0.4, 0.5) is 5.69 Å². The average Bonchev–Trinajstić information content (AvgIpc) is 2.51. The van der Waals surface area contributed by atoms with Crippen molar-refractivity contribution in [3.8, 4) is 6.07 Å². The number of carbonyl (C=O) groups is 2. The minimum Gasteiger partial charge on any atom is -0.378 e. The maximum absolute atomic E-state index is 12.4. The molecule has 0 spiro atoms. The molecule has 0 unspecified atom stereocenters. The van der Waals surface area contributed by atoms with Crippen LogP contribution in [0.3, 0.4) is 0 Å². The number of anilines is 1. The standard InChI is InChI=1S/C18H19N3O2/c1-11-8-14(20(3)4)7-6-13(11)9-15-12(2)16(10-19)18(23)21(5)17(15)22/h6-9H,1-5H3. The number of benzene rings is 1. The first-order valence-corrected chi connectivity index (χ1v) is 7.21. The van der Waals surface area contributed by atoms with Gasteiger partial charge in [-0.15, -0.1) is 0 Å². The van der Waals surface area contributed by atoms with Crippen molar-refractivity contribution in [3.05, 3.63) is 46.0 Å². The van der Waals surface area contributed by atoms with Gasteiger partial charge in [0.1, 0.15) is 11.6 Å². The molecule has 23 heavy (non-hydrogen) atoms. The molecule has 2 rings (SSSR count). The van der Waals surface area contributed by atoms with Crippen LogP contribution >= 0.6 is 0 Å². The van der Waals surface area contributed by atoms with Gasteiger partial charge in [0.2, 0.25) is 0 Å². The molecule has 0 aromatic heterocycles. The van der Waals surface area contributed by atoms with Gasteiger partial charge in [-0.25, -0.2) is 0 Å². The number of carbonyl (C=O) groups excluding carboxylic acids is 2. The summed E-state index contributed by atoms with van der Waals surface area (Å²) < 4.78 is 0. The smallest absolute Gasteiger partial charge is 0.271 e. The van der Waals surface area contributed by atoms with E-state index in [1.807, 2.05) is 50.2 Å². The first kappa shape index (κ1) is 16.5. The molecular formula is C18H19N3O2. The molecule has 0 aliphatic carbocycles. The van der Waals surface area contributed by atoms with Gasteiger partial charge >= 0.3 is 0 Å². The lowest BCUT2D eigenvalue weighted by Gasteiger charge is -2.24. The molecule has 5 nitrogen and oxygen atoms in total. The second-order valence-electron chi connectivity index (χ2n) is 5.77. The van der Waals surface area contributed by atoms with E-state index >= 15 is 0 Å². The number of aryl methyl sites for hydroxylation is 1. The third-order valence-electron chi connectivity index (χ3n) is 4.01. The maximum Gasteiger partial charge on any atom is 0.271 e. The Balaban J connectivity index is 2.58. The lowest BCUT2D eigenvalue weighted by atomic mass is 9.93. The quantitative estimate of drug-likeness (QED) is 0.621. The van der Waals surface area contributed by atoms with Crippen LogP contribution in [-0.4, -0.2) is 37.9 Å². The monoisotopic (exact) mass is 309 g/mol. The van der Waals surface area contributed by atoms with Crippen LogP contribution in [0.1, 0.15) is 18.1 Å². The van der Waals surface area contributed by atoms with Crippen LogP contribution < -0.4 is 4.90 Å². The highest BCUT2D eigenvalue weighted by molar-refractivity contribution is 6.19. The summed E-state index contributed by atoms with van der Waals surface area (Å²) in [6.45, 7) is 3.60. The normalized spacial score (nSPS) is 16.9. The van der Waals surface area contributed by atoms with Crippen molar-refractivity contribution in [2.75, 3.05) is 26.0 Å². The van der Waals surface area contributed by atoms with Crippen molar-refractivity contribution in [2.24, 2.45) is 0 Å². The number of nitrogens with zero attached hydrogens (tertiary/aromatic N) is 3. The van der Waals surface area contributed by atoms with Gasteiger partial charge in [0.15, 0.2) is 0 Å². The SMILES string of the molecule is CC1=C(C#N)C(=O)N(C)C(=O)C1=Cc1ccc(N(C)C)cc1C. The summed E-state index contributed by atoms with van der Waals surface area (Å²) in [6, 6.07) is 7.82. The fourth-order valence-corrected chi connectivity index (χ4v) is 2.45. The molecule has 1 aromatic carbocycles. The molecule has 1 aliphatic heterocycles. The van der Waals surface area contributed by atoms with Crippen molar-refractivity contribution < 1.29 is 9.59 Å². The first-order chi connectivity index (χ1) is 10.8. The summed E-state index contributed by atoms with van der Waals surface area (Å²) in [6.07, 6.45) is 1.74. The molecule has 0 saturated heterocycles. The highest BCUT2D eigenvalue weighted by atomic mass is 16.2. The predicted molar refractivity (Wildman–Crippen MR) is 89.6 cm³/mol. The zero-order chi connectivity index (χ0) is 17.3. The number of amides is 2. The third-order valence-corrected chi connectivity index (χ3v) is 4.01. The lowest BCUT2D eigenvalue weighted by Crippen LogP contribution is -2.39. The molecule has 5 heteroatoms. The highest BCUT2D eigenvalue weighted by Crippen LogP contribution is 2.27. The van der Waals surface area contributed by atoms with E-state index in [1.54, 1.807) is 13.0 Å². The number of hydrogen-bond acceptors (Lipinski definition) is 4. The highest BCUT2D eigenvalue weighted by Gasteiger charge is 2.32. The molecule has 0 N–H and O–H groups in total. The number of nitriles is 1. The summed E-state index contributed by atoms with van der Waals surface area (Å²) in [4.78, 5) is 27.3. The summed E-state index contributed by atoms with van der Waals surface area (Å²) in [5, 5.41) is 9.17. The van der Waals surface area contributed by atoms with Crippen LogP contribution in [0.5, 0.6) is 0 Å². The predicted octanol–water partition coefficient (Wildman–Crippen LogP) is 2.28. The Labute approximate surface area is 136 Å². The van der Waals surface area contributed by atoms with Crippen LogP contribution in [0.2, 0.25) is 0 Å². The van der Waals surface area contributed by atoms with Crippen molar-refractivity contribution in [1.82, 2.24) is 4.90 Å². The molecule has 2 amide bonds. The summed E-state index contributed by atoms with van der Waals surface area (Å²) in [5.74, 6) is -0.936. The molecule has 1 aromatic rings. The van der Waals surface area contributed by atoms with Crippen LogP contribution in [0.15, 0.2) is 34.9 Å². The Morgan fingerprint density at radius 1 is 1.17 bits per heavy atom. The average molecular weight is 309 g/mol. The maximum atomic E-state index is 12.4. The topological polar surface area (TPSA) is 64.4 Å². The van der Waals surface area contributed by atoms with Crippen LogP contribution in [0.25, 0.3) is 6.08 Å². The summed E-state index contributed by atoms with van der Waals surface area (Å²) in [7, 11) is 5.32. The van der Waals surface area contributed by atoms with E-state index in [2.05, 4.69) is 0 Å². The van der Waals surface area contributed by atoms with E-state index in [9.17, 15) is 14.9 Å². The second kappa shape index (κ2) is 6.09. The molecule has 1 aliphatic rings. The lowest BCUT2D eigenvalue weighted by molar-refractivity contribution is -0.138. The Kier molecular flexibility index (Phi) is 4.37. The van der Waals surface area contributed by atoms with Gasteiger partial charge < -0.3 is 4.90 Å². The number of rotatable bonds is 2. The van der Waals surface area contributed by atoms with Gasteiger partial charge in [0, 0.05) is 32.4 Å². The molecule has 0 fully saturated rings. The fraction of sp³-hybridized carbons (Fsp3) is 0.278. The Morgan fingerprint density at radius 3 is 2.35 bits per heavy atom.